The summed E-state index contributed by atoms with van der Waals surface area (Å²) in [6, 6.07) is 2.92. The summed E-state index contributed by atoms with van der Waals surface area (Å²) in [6.07, 6.45) is 9.95. The minimum atomic E-state index is -3.91. The number of sulfonamides is 1. The lowest BCUT2D eigenvalue weighted by Crippen LogP contribution is -2.59. The fourth-order valence-corrected chi connectivity index (χ4v) is 11.3. The topological polar surface area (TPSA) is 189 Å². The number of hydrogen-bond acceptors (Lipinski definition) is 11. The molecule has 15 nitrogen and oxygen atoms in total. The van der Waals surface area contributed by atoms with E-state index in [9.17, 15) is 27.6 Å². The smallest absolute Gasteiger partial charge is 0.318 e. The number of benzene rings is 1. The van der Waals surface area contributed by atoms with E-state index < -0.39 is 62.6 Å². The number of pyridine rings is 1. The minimum Gasteiger partial charge on any atom is -0.496 e. The zero-order valence-corrected chi connectivity index (χ0v) is 38.1. The molecule has 334 valence electrons. The Hall–Kier alpha value is -4.77. The first-order chi connectivity index (χ1) is 29.6. The van der Waals surface area contributed by atoms with E-state index in [2.05, 4.69) is 20.7 Å². The van der Waals surface area contributed by atoms with E-state index in [1.165, 1.54) is 16.2 Å². The SMILES string of the molecule is COc1ccc2c(O[C@@H]3C[C@H]4C(=O)N[C@]5(C(=O)NS(=O)(=O)C6CC6)C[C@H]5/C=C/CCCCC[C@H](NC(=O)N(C(C)C)C(C)C)C(=O)N4C3)cc(-c3nc(C4CC4)cs3)nc2c1C. The first-order valence-corrected chi connectivity index (χ1v) is 24.6. The fourth-order valence-electron chi connectivity index (χ4n) is 9.09. The maximum absolute atomic E-state index is 15.0. The van der Waals surface area contributed by atoms with Crippen molar-refractivity contribution in [2.75, 3.05) is 13.7 Å². The number of carbonyl (C=O) groups is 4. The Morgan fingerprint density at radius 3 is 2.47 bits per heavy atom. The summed E-state index contributed by atoms with van der Waals surface area (Å²) >= 11 is 1.53. The molecule has 0 bridgehead atoms. The van der Waals surface area contributed by atoms with Gasteiger partial charge in [0.15, 0.2) is 0 Å². The number of aromatic nitrogens is 2. The number of thiazole rings is 1. The molecular weight excluding hydrogens is 831 g/mol. The molecule has 4 fully saturated rings. The second-order valence-electron chi connectivity index (χ2n) is 18.2. The lowest BCUT2D eigenvalue weighted by Gasteiger charge is -2.34. The average molecular weight is 890 g/mol. The van der Waals surface area contributed by atoms with Gasteiger partial charge in [-0.15, -0.1) is 11.3 Å². The molecule has 62 heavy (non-hydrogen) atoms. The predicted molar refractivity (Wildman–Crippen MR) is 236 cm³/mol. The van der Waals surface area contributed by atoms with Gasteiger partial charge in [0.2, 0.25) is 21.8 Å². The van der Waals surface area contributed by atoms with Crippen molar-refractivity contribution in [2.45, 2.75) is 152 Å². The molecule has 3 aliphatic carbocycles. The van der Waals surface area contributed by atoms with Gasteiger partial charge in [0, 0.05) is 52.7 Å². The first-order valence-electron chi connectivity index (χ1n) is 22.1. The highest BCUT2D eigenvalue weighted by molar-refractivity contribution is 7.91. The van der Waals surface area contributed by atoms with Crippen molar-refractivity contribution in [1.82, 2.24) is 35.1 Å². The standard InChI is InChI=1S/C45H59N7O8S2/c1-25(2)52(26(3)4)44(56)48-33-13-11-9-7-8-10-12-29-22-45(29,43(55)50-62(57,58)31-16-17-31)49-40(53)36-20-30(23-51(36)42(33)54)60-38-21-34(41-47-35(24-61-41)28-14-15-28)46-39-27(5)37(59-6)19-18-32(38)39/h10,12,18-19,21,24-26,28-31,33,36H,7-9,11,13-17,20,22-23H2,1-6H3,(H,48,56)(H,49,53)(H,50,55)/b12-10+/t29-,30-,33+,36+,45-/m1/s1. The number of rotatable bonds is 11. The molecule has 2 aromatic heterocycles. The Morgan fingerprint density at radius 1 is 1.02 bits per heavy atom. The molecule has 5 atom stereocenters. The molecule has 2 aliphatic heterocycles. The number of amides is 5. The van der Waals surface area contributed by atoms with Gasteiger partial charge in [0.25, 0.3) is 5.91 Å². The Bertz CT molecular complexity index is 2370. The molecule has 5 amide bonds. The maximum Gasteiger partial charge on any atom is 0.318 e. The van der Waals surface area contributed by atoms with Gasteiger partial charge in [-0.2, -0.15) is 0 Å². The summed E-state index contributed by atoms with van der Waals surface area (Å²) in [5, 5.41) is 8.91. The van der Waals surface area contributed by atoms with Crippen LogP contribution in [-0.2, 0) is 24.4 Å². The molecule has 5 aliphatic rings. The average Bonchev–Trinajstić information content (AvgIpc) is 4.18. The van der Waals surface area contributed by atoms with Gasteiger partial charge in [-0.25, -0.2) is 23.2 Å². The molecule has 3 aromatic rings. The van der Waals surface area contributed by atoms with E-state index in [-0.39, 0.29) is 37.5 Å². The van der Waals surface area contributed by atoms with Crippen LogP contribution in [0, 0.1) is 12.8 Å². The highest BCUT2D eigenvalue weighted by Gasteiger charge is 2.62. The summed E-state index contributed by atoms with van der Waals surface area (Å²) in [6.45, 7) is 9.64. The number of methoxy groups -OCH3 is 1. The predicted octanol–water partition coefficient (Wildman–Crippen LogP) is 6.10. The monoisotopic (exact) mass is 889 g/mol. The van der Waals surface area contributed by atoms with Gasteiger partial charge in [-0.1, -0.05) is 25.0 Å². The van der Waals surface area contributed by atoms with Crippen LogP contribution in [0.5, 0.6) is 11.5 Å². The molecule has 1 aromatic carbocycles. The van der Waals surface area contributed by atoms with Crippen molar-refractivity contribution >= 4 is 56.0 Å². The fraction of sp³-hybridized carbons (Fsp3) is 0.600. The van der Waals surface area contributed by atoms with E-state index in [4.69, 9.17) is 19.4 Å². The lowest BCUT2D eigenvalue weighted by molar-refractivity contribution is -0.141. The van der Waals surface area contributed by atoms with Crippen LogP contribution in [-0.4, -0.2) is 107 Å². The molecule has 0 unspecified atom stereocenters. The zero-order chi connectivity index (χ0) is 44.1. The number of hydrogen-bond donors (Lipinski definition) is 3. The van der Waals surface area contributed by atoms with Crippen LogP contribution in [0.1, 0.15) is 115 Å². The summed E-state index contributed by atoms with van der Waals surface area (Å²) in [5.41, 5.74) is 1.67. The number of allylic oxidation sites excluding steroid dienone is 1. The number of urea groups is 1. The van der Waals surface area contributed by atoms with Gasteiger partial charge < -0.3 is 29.9 Å². The van der Waals surface area contributed by atoms with Crippen molar-refractivity contribution in [1.29, 1.82) is 0 Å². The number of nitrogens with one attached hydrogen (secondary N) is 3. The van der Waals surface area contributed by atoms with Crippen LogP contribution < -0.4 is 24.8 Å². The van der Waals surface area contributed by atoms with Gasteiger partial charge in [-0.05, 0) is 98.1 Å². The summed E-state index contributed by atoms with van der Waals surface area (Å²) in [5.74, 6) is -0.596. The number of aryl methyl sites for hydroxylation is 1. The third kappa shape index (κ3) is 9.01. The molecular formula is C45H59N7O8S2. The van der Waals surface area contributed by atoms with E-state index in [1.807, 2.05) is 65.0 Å². The van der Waals surface area contributed by atoms with Crippen molar-refractivity contribution in [3.8, 4) is 22.2 Å². The second kappa shape index (κ2) is 17.4. The molecule has 0 radical (unpaired) electrons. The van der Waals surface area contributed by atoms with E-state index in [1.54, 1.807) is 12.0 Å². The normalized spacial score (nSPS) is 26.2. The Balaban J connectivity index is 1.15. The largest absolute Gasteiger partial charge is 0.496 e. The number of fused-ring (bicyclic) bond motifs is 3. The molecule has 17 heteroatoms. The Kier molecular flexibility index (Phi) is 12.3. The molecule has 4 heterocycles. The zero-order valence-electron chi connectivity index (χ0n) is 36.4. The van der Waals surface area contributed by atoms with Crippen LogP contribution in [0.4, 0.5) is 4.79 Å². The highest BCUT2D eigenvalue weighted by atomic mass is 32.2. The molecule has 1 saturated heterocycles. The van der Waals surface area contributed by atoms with Crippen LogP contribution >= 0.6 is 11.3 Å². The Morgan fingerprint density at radius 2 is 1.77 bits per heavy atom. The molecule has 0 spiro atoms. The highest BCUT2D eigenvalue weighted by Crippen LogP contribution is 2.47. The van der Waals surface area contributed by atoms with E-state index in [0.717, 1.165) is 47.3 Å². The molecule has 8 rings (SSSR count). The summed E-state index contributed by atoms with van der Waals surface area (Å²) in [7, 11) is -2.30. The van der Waals surface area contributed by atoms with Crippen LogP contribution in [0.2, 0.25) is 0 Å². The van der Waals surface area contributed by atoms with E-state index in [0.29, 0.717) is 60.7 Å². The quantitative estimate of drug-likeness (QED) is 0.190. The number of ether oxygens (including phenoxy) is 2. The van der Waals surface area contributed by atoms with Crippen molar-refractivity contribution in [3.05, 3.63) is 47.0 Å². The van der Waals surface area contributed by atoms with Gasteiger partial charge in [0.05, 0.1) is 30.1 Å². The Labute approximate surface area is 367 Å². The van der Waals surface area contributed by atoms with Crippen molar-refractivity contribution in [3.63, 3.8) is 0 Å². The van der Waals surface area contributed by atoms with Gasteiger partial charge in [-0.3, -0.25) is 19.1 Å². The summed E-state index contributed by atoms with van der Waals surface area (Å²) < 4.78 is 40.8. The number of nitrogens with zero attached hydrogens (tertiary/aromatic N) is 4. The third-order valence-corrected chi connectivity index (χ3v) is 15.6. The lowest BCUT2D eigenvalue weighted by atomic mass is 10.0. The maximum atomic E-state index is 15.0. The first kappa shape index (κ1) is 43.9. The van der Waals surface area contributed by atoms with Gasteiger partial charge >= 0.3 is 6.03 Å². The molecule has 3 N–H and O–H groups in total. The van der Waals surface area contributed by atoms with Crippen LogP contribution in [0.15, 0.2) is 35.7 Å². The third-order valence-electron chi connectivity index (χ3n) is 12.9. The minimum absolute atomic E-state index is 0.0112. The van der Waals surface area contributed by atoms with Crippen LogP contribution in [0.25, 0.3) is 21.6 Å². The van der Waals surface area contributed by atoms with Crippen molar-refractivity contribution in [2.24, 2.45) is 5.92 Å². The second-order valence-corrected chi connectivity index (χ2v) is 21.1. The number of carbonyl (C=O) groups excluding carboxylic acids is 4. The molecule has 3 saturated carbocycles. The summed E-state index contributed by atoms with van der Waals surface area (Å²) in [4.78, 5) is 70.6. The van der Waals surface area contributed by atoms with Crippen molar-refractivity contribution < 1.29 is 37.1 Å². The van der Waals surface area contributed by atoms with Crippen LogP contribution in [0.3, 0.4) is 0 Å². The van der Waals surface area contributed by atoms with Gasteiger partial charge in [0.1, 0.15) is 45.9 Å². The van der Waals surface area contributed by atoms with E-state index >= 15 is 0 Å².